The minimum Gasteiger partial charge on any atom is -0.350 e. The number of rotatable bonds is 9. The molecule has 2 amide bonds. The lowest BCUT2D eigenvalue weighted by molar-refractivity contribution is -0.140. The lowest BCUT2D eigenvalue weighted by Gasteiger charge is -2.33. The van der Waals surface area contributed by atoms with Crippen LogP contribution in [0.25, 0.3) is 0 Å². The first kappa shape index (κ1) is 28.8. The molecule has 1 atom stereocenters. The van der Waals surface area contributed by atoms with E-state index in [1.165, 1.54) is 37.3 Å². The van der Waals surface area contributed by atoms with Crippen LogP contribution in [0.2, 0.25) is 0 Å². The number of amides is 2. The van der Waals surface area contributed by atoms with Crippen LogP contribution in [0.4, 0.5) is 14.5 Å². The van der Waals surface area contributed by atoms with Gasteiger partial charge in [-0.05, 0) is 70.2 Å². The highest BCUT2D eigenvalue weighted by Gasteiger charge is 2.33. The zero-order valence-electron chi connectivity index (χ0n) is 21.7. The molecule has 0 bridgehead atoms. The molecule has 10 heteroatoms. The third-order valence-corrected chi connectivity index (χ3v) is 7.48. The molecule has 7 nitrogen and oxygen atoms in total. The molecule has 0 aromatic heterocycles. The molecular weight excluding hydrogens is 512 g/mol. The summed E-state index contributed by atoms with van der Waals surface area (Å²) in [5.74, 6) is -2.37. The second-order valence-electron chi connectivity index (χ2n) is 9.83. The quantitative estimate of drug-likeness (QED) is 0.431. The van der Waals surface area contributed by atoms with Gasteiger partial charge < -0.3 is 10.2 Å². The smallest absolute Gasteiger partial charge is 0.264 e. The van der Waals surface area contributed by atoms with Gasteiger partial charge in [-0.15, -0.1) is 0 Å². The Bertz CT molecular complexity index is 1380. The molecule has 3 rings (SSSR count). The molecule has 1 N–H and O–H groups in total. The summed E-state index contributed by atoms with van der Waals surface area (Å²) >= 11 is 0. The normalized spacial score (nSPS) is 12.5. The van der Waals surface area contributed by atoms with Gasteiger partial charge in [-0.3, -0.25) is 13.9 Å². The zero-order chi connectivity index (χ0) is 28.1. The van der Waals surface area contributed by atoms with Gasteiger partial charge in [-0.25, -0.2) is 17.2 Å². The first-order valence-corrected chi connectivity index (χ1v) is 13.4. The van der Waals surface area contributed by atoms with Crippen molar-refractivity contribution < 1.29 is 26.8 Å². The van der Waals surface area contributed by atoms with Gasteiger partial charge in [0.2, 0.25) is 11.8 Å². The van der Waals surface area contributed by atoms with Crippen LogP contribution in [0, 0.1) is 11.6 Å². The second-order valence-corrected chi connectivity index (χ2v) is 11.7. The van der Waals surface area contributed by atoms with Crippen molar-refractivity contribution >= 4 is 27.5 Å². The highest BCUT2D eigenvalue weighted by atomic mass is 32.2. The molecular formula is C28H31F2N3O4S. The number of hydrogen-bond acceptors (Lipinski definition) is 4. The van der Waals surface area contributed by atoms with E-state index in [-0.39, 0.29) is 22.7 Å². The van der Waals surface area contributed by atoms with Crippen LogP contribution in [0.15, 0.2) is 83.8 Å². The van der Waals surface area contributed by atoms with Crippen LogP contribution in [0.3, 0.4) is 0 Å². The fraction of sp³-hybridized carbons (Fsp3) is 0.286. The molecule has 3 aromatic carbocycles. The van der Waals surface area contributed by atoms with Gasteiger partial charge in [-0.2, -0.15) is 0 Å². The molecule has 38 heavy (non-hydrogen) atoms. The topological polar surface area (TPSA) is 86.8 Å². The highest BCUT2D eigenvalue weighted by Crippen LogP contribution is 2.25. The Morgan fingerprint density at radius 3 is 2.05 bits per heavy atom. The summed E-state index contributed by atoms with van der Waals surface area (Å²) in [5, 5.41) is 2.81. The molecule has 0 fully saturated rings. The van der Waals surface area contributed by atoms with Crippen LogP contribution in [-0.4, -0.2) is 43.3 Å². The number of halogens is 2. The van der Waals surface area contributed by atoms with Crippen molar-refractivity contribution in [2.45, 2.75) is 50.7 Å². The molecule has 0 saturated heterocycles. The average Bonchev–Trinajstić information content (AvgIpc) is 2.86. The van der Waals surface area contributed by atoms with Gasteiger partial charge in [0.1, 0.15) is 24.2 Å². The highest BCUT2D eigenvalue weighted by molar-refractivity contribution is 7.92. The van der Waals surface area contributed by atoms with Crippen LogP contribution in [-0.2, 0) is 26.2 Å². The van der Waals surface area contributed by atoms with Gasteiger partial charge in [0.05, 0.1) is 10.6 Å². The van der Waals surface area contributed by atoms with E-state index in [0.29, 0.717) is 0 Å². The molecule has 0 saturated carbocycles. The fourth-order valence-corrected chi connectivity index (χ4v) is 5.14. The molecule has 0 aliphatic carbocycles. The number of sulfonamides is 1. The zero-order valence-corrected chi connectivity index (χ0v) is 22.5. The molecule has 0 unspecified atom stereocenters. The van der Waals surface area contributed by atoms with E-state index in [1.807, 2.05) is 0 Å². The lowest BCUT2D eigenvalue weighted by Crippen LogP contribution is -2.54. The Labute approximate surface area is 222 Å². The molecule has 0 radical (unpaired) electrons. The van der Waals surface area contributed by atoms with E-state index in [1.54, 1.807) is 45.0 Å². The number of hydrogen-bond donors (Lipinski definition) is 1. The van der Waals surface area contributed by atoms with E-state index in [2.05, 4.69) is 5.32 Å². The Morgan fingerprint density at radius 1 is 0.895 bits per heavy atom. The number of nitrogens with one attached hydrogen (secondary N) is 1. The molecule has 0 heterocycles. The summed E-state index contributed by atoms with van der Waals surface area (Å²) < 4.78 is 56.1. The Balaban J connectivity index is 2.02. The molecule has 0 spiro atoms. The van der Waals surface area contributed by atoms with Crippen LogP contribution in [0.5, 0.6) is 0 Å². The molecule has 0 aliphatic rings. The van der Waals surface area contributed by atoms with Crippen molar-refractivity contribution in [2.24, 2.45) is 0 Å². The maximum atomic E-state index is 14.5. The Hall–Kier alpha value is -3.79. The van der Waals surface area contributed by atoms with Gasteiger partial charge in [0.15, 0.2) is 0 Å². The number of carbonyl (C=O) groups is 2. The maximum absolute atomic E-state index is 14.5. The van der Waals surface area contributed by atoms with E-state index in [0.717, 1.165) is 33.5 Å². The fourth-order valence-electron chi connectivity index (χ4n) is 3.72. The van der Waals surface area contributed by atoms with Crippen molar-refractivity contribution in [3.05, 3.63) is 96.1 Å². The van der Waals surface area contributed by atoms with Crippen molar-refractivity contribution in [1.82, 2.24) is 10.2 Å². The van der Waals surface area contributed by atoms with Crippen molar-refractivity contribution in [1.29, 1.82) is 0 Å². The van der Waals surface area contributed by atoms with Crippen LogP contribution >= 0.6 is 0 Å². The molecule has 3 aromatic rings. The first-order valence-electron chi connectivity index (χ1n) is 12.0. The first-order chi connectivity index (χ1) is 17.8. The SMILES string of the molecule is C[C@H](C(=O)NC(C)(C)C)N(Cc1ccccc1F)C(=O)CN(c1ccccc1)S(=O)(=O)c1ccc(F)cc1. The van der Waals surface area contributed by atoms with E-state index in [9.17, 15) is 26.8 Å². The monoisotopic (exact) mass is 543 g/mol. The minimum atomic E-state index is -4.31. The van der Waals surface area contributed by atoms with Gasteiger partial charge in [-0.1, -0.05) is 36.4 Å². The van der Waals surface area contributed by atoms with Gasteiger partial charge >= 0.3 is 0 Å². The summed E-state index contributed by atoms with van der Waals surface area (Å²) in [4.78, 5) is 27.7. The predicted octanol–water partition coefficient (Wildman–Crippen LogP) is 4.49. The van der Waals surface area contributed by atoms with E-state index in [4.69, 9.17) is 0 Å². The summed E-state index contributed by atoms with van der Waals surface area (Å²) in [6.07, 6.45) is 0. The number of anilines is 1. The summed E-state index contributed by atoms with van der Waals surface area (Å²) in [6, 6.07) is 17.0. The predicted molar refractivity (Wildman–Crippen MR) is 142 cm³/mol. The molecule has 202 valence electrons. The maximum Gasteiger partial charge on any atom is 0.264 e. The second kappa shape index (κ2) is 11.7. The number of carbonyl (C=O) groups excluding carboxylic acids is 2. The third kappa shape index (κ3) is 7.16. The Morgan fingerprint density at radius 2 is 1.47 bits per heavy atom. The third-order valence-electron chi connectivity index (χ3n) is 5.69. The summed E-state index contributed by atoms with van der Waals surface area (Å²) in [5.41, 5.74) is -0.230. The number of benzene rings is 3. The van der Waals surface area contributed by atoms with Crippen molar-refractivity contribution in [3.8, 4) is 0 Å². The van der Waals surface area contributed by atoms with E-state index < -0.39 is 51.6 Å². The summed E-state index contributed by atoms with van der Waals surface area (Å²) in [7, 11) is -4.31. The largest absolute Gasteiger partial charge is 0.350 e. The van der Waals surface area contributed by atoms with Gasteiger partial charge in [0, 0.05) is 17.6 Å². The standard InChI is InChI=1S/C28H31F2N3O4S/c1-20(27(35)31-28(2,3)4)32(18-21-10-8-9-13-25(21)30)26(34)19-33(23-11-6-5-7-12-23)38(36,37)24-16-14-22(29)15-17-24/h5-17,20H,18-19H2,1-4H3,(H,31,35)/t20-/m1/s1. The minimum absolute atomic E-state index is 0.170. The van der Waals surface area contributed by atoms with Crippen LogP contribution in [0.1, 0.15) is 33.3 Å². The van der Waals surface area contributed by atoms with E-state index >= 15 is 0 Å². The number of nitrogens with zero attached hydrogens (tertiary/aromatic N) is 2. The Kier molecular flexibility index (Phi) is 8.88. The van der Waals surface area contributed by atoms with Crippen molar-refractivity contribution in [2.75, 3.05) is 10.8 Å². The molecule has 0 aliphatic heterocycles. The number of para-hydroxylation sites is 1. The van der Waals surface area contributed by atoms with Gasteiger partial charge in [0.25, 0.3) is 10.0 Å². The lowest BCUT2D eigenvalue weighted by atomic mass is 10.1. The summed E-state index contributed by atoms with van der Waals surface area (Å²) in [6.45, 7) is 5.92. The van der Waals surface area contributed by atoms with Crippen molar-refractivity contribution in [3.63, 3.8) is 0 Å². The van der Waals surface area contributed by atoms with Crippen LogP contribution < -0.4 is 9.62 Å². The average molecular weight is 544 g/mol.